The zero-order valence-electron chi connectivity index (χ0n) is 63.5. The quantitative estimate of drug-likeness (QED) is 0.115. The van der Waals surface area contributed by atoms with Gasteiger partial charge in [-0.05, 0) is 56.4 Å². The Bertz CT molecular complexity index is 1640. The molecule has 0 amide bonds. The van der Waals surface area contributed by atoms with Gasteiger partial charge in [0.2, 0.25) is 0 Å². The van der Waals surface area contributed by atoms with Crippen molar-refractivity contribution in [2.45, 2.75) is 80.1 Å². The van der Waals surface area contributed by atoms with E-state index in [1.807, 2.05) is 41.5 Å². The number of carbonyl (C=O) groups is 8. The molecule has 4 N–H and O–H groups in total. The van der Waals surface area contributed by atoms with Gasteiger partial charge in [-0.3, -0.25) is 77.6 Å². The lowest BCUT2D eigenvalue weighted by molar-refractivity contribution is -0.121. The van der Waals surface area contributed by atoms with Gasteiger partial charge in [0.25, 0.3) is 0 Å². The van der Waals surface area contributed by atoms with E-state index < -0.39 is 0 Å². The predicted molar refractivity (Wildman–Crippen MR) is 391 cm³/mol. The minimum atomic E-state index is 0.138. The number of Topliss-reactive ketones (excluding diaryl/α,β-unsaturated/α-hetero) is 8. The van der Waals surface area contributed by atoms with E-state index in [9.17, 15) is 38.4 Å². The minimum Gasteiger partial charge on any atom is -0.324 e. The number of nitrogens with zero attached hydrogens (tertiary/aromatic N) is 16. The molecule has 0 radical (unpaired) electrons. The van der Waals surface area contributed by atoms with Crippen LogP contribution < -0.4 is 11.5 Å². The maximum atomic E-state index is 11.1. The van der Waals surface area contributed by atoms with Gasteiger partial charge in [-0.25, -0.2) is 0 Å². The van der Waals surface area contributed by atoms with E-state index in [0.717, 1.165) is 209 Å². The molecular formula is C70H142N18O8. The van der Waals surface area contributed by atoms with E-state index in [-0.39, 0.29) is 24.7 Å². The third-order valence-electron chi connectivity index (χ3n) is 18.8. The smallest absolute Gasteiger partial charge is 0.160 e. The molecule has 96 heavy (non-hydrogen) atoms. The standard InChI is InChI=1S/6C9H18N2O.2C8H17N3O/c6*1-3-9(12)8-11-6-4-10(2)5-7-11;2*1-10-2-4-11(5-3-10)7-8(12)6-9/h6*3-8H2,1-2H3;2*2-7,9H2,1H3. The summed E-state index contributed by atoms with van der Waals surface area (Å²) < 4.78 is 0. The number of carbonyl (C=O) groups excluding carboxylic acids is 8. The lowest BCUT2D eigenvalue weighted by Crippen LogP contribution is -2.46. The summed E-state index contributed by atoms with van der Waals surface area (Å²) in [5, 5.41) is 0. The highest BCUT2D eigenvalue weighted by Crippen LogP contribution is 2.06. The number of hydrogen-bond donors (Lipinski definition) is 2. The number of piperazine rings is 8. The first-order valence-electron chi connectivity index (χ1n) is 36.6. The van der Waals surface area contributed by atoms with Crippen molar-refractivity contribution < 1.29 is 38.4 Å². The highest BCUT2D eigenvalue weighted by atomic mass is 16.2. The van der Waals surface area contributed by atoms with Crippen LogP contribution in [-0.2, 0) is 38.4 Å². The summed E-state index contributed by atoms with van der Waals surface area (Å²) in [4.78, 5) is 125. The van der Waals surface area contributed by atoms with Crippen LogP contribution in [0.1, 0.15) is 80.1 Å². The molecule has 0 aromatic carbocycles. The molecule has 0 saturated carbocycles. The maximum absolute atomic E-state index is 11.1. The van der Waals surface area contributed by atoms with Crippen LogP contribution in [0.2, 0.25) is 0 Å². The normalized spacial score (nSPS) is 21.2. The summed E-state index contributed by atoms with van der Waals surface area (Å²) >= 11 is 0. The van der Waals surface area contributed by atoms with Gasteiger partial charge in [-0.15, -0.1) is 0 Å². The summed E-state index contributed by atoms with van der Waals surface area (Å²) in [7, 11) is 16.9. The highest BCUT2D eigenvalue weighted by Gasteiger charge is 2.22. The Hall–Kier alpha value is -3.36. The molecule has 8 aliphatic heterocycles. The molecule has 8 rings (SSSR count). The summed E-state index contributed by atoms with van der Waals surface area (Å²) in [6, 6.07) is 0. The molecule has 0 unspecified atom stereocenters. The van der Waals surface area contributed by atoms with Crippen LogP contribution >= 0.6 is 0 Å². The first-order chi connectivity index (χ1) is 45.8. The Morgan fingerprint density at radius 1 is 0.188 bits per heavy atom. The molecule has 26 heteroatoms. The Kier molecular flexibility index (Phi) is 52.3. The van der Waals surface area contributed by atoms with Gasteiger partial charge in [0.05, 0.1) is 65.4 Å². The van der Waals surface area contributed by atoms with Crippen molar-refractivity contribution in [3.8, 4) is 0 Å². The zero-order valence-corrected chi connectivity index (χ0v) is 63.5. The van der Waals surface area contributed by atoms with Crippen LogP contribution in [0.15, 0.2) is 0 Å². The zero-order chi connectivity index (χ0) is 71.8. The molecule has 8 saturated heterocycles. The first kappa shape index (κ1) is 90.7. The van der Waals surface area contributed by atoms with E-state index in [2.05, 4.69) is 135 Å². The molecule has 0 aliphatic carbocycles. The minimum absolute atomic E-state index is 0.138. The second-order valence-corrected chi connectivity index (χ2v) is 27.5. The van der Waals surface area contributed by atoms with E-state index in [4.69, 9.17) is 11.5 Å². The van der Waals surface area contributed by atoms with Gasteiger partial charge < -0.3 is 50.7 Å². The Morgan fingerprint density at radius 3 is 0.365 bits per heavy atom. The molecule has 0 aromatic rings. The largest absolute Gasteiger partial charge is 0.324 e. The number of ketones is 8. The van der Waals surface area contributed by atoms with Gasteiger partial charge in [-0.2, -0.15) is 0 Å². The molecule has 8 heterocycles. The number of nitrogens with two attached hydrogens (primary N) is 2. The molecule has 26 nitrogen and oxygen atoms in total. The van der Waals surface area contributed by atoms with Gasteiger partial charge in [0, 0.05) is 248 Å². The molecule has 8 fully saturated rings. The predicted octanol–water partition coefficient (Wildman–Crippen LogP) is -1.20. The molecule has 0 spiro atoms. The topological polar surface area (TPSA) is 240 Å². The summed E-state index contributed by atoms with van der Waals surface area (Å²) in [6.45, 7) is 50.8. The average molecular weight is 1360 g/mol. The van der Waals surface area contributed by atoms with E-state index in [1.54, 1.807) is 0 Å². The Morgan fingerprint density at radius 2 is 0.281 bits per heavy atom. The van der Waals surface area contributed by atoms with Crippen molar-refractivity contribution in [1.82, 2.24) is 78.4 Å². The van der Waals surface area contributed by atoms with Gasteiger partial charge in [-0.1, -0.05) is 41.5 Å². The van der Waals surface area contributed by atoms with E-state index >= 15 is 0 Å². The van der Waals surface area contributed by atoms with Crippen molar-refractivity contribution in [3.05, 3.63) is 0 Å². The van der Waals surface area contributed by atoms with Crippen molar-refractivity contribution in [2.75, 3.05) is 331 Å². The molecular weight excluding hydrogens is 1220 g/mol. The molecule has 0 bridgehead atoms. The number of hydrogen-bond acceptors (Lipinski definition) is 26. The van der Waals surface area contributed by atoms with E-state index in [1.165, 1.54) is 0 Å². The second kappa shape index (κ2) is 55.3. The fraction of sp³-hybridized carbons (Fsp3) is 0.886. The van der Waals surface area contributed by atoms with Crippen LogP contribution in [0.3, 0.4) is 0 Å². The SMILES string of the molecule is CCC(=O)CN1CCN(C)CC1.CCC(=O)CN1CCN(C)CC1.CCC(=O)CN1CCN(C)CC1.CCC(=O)CN1CCN(C)CC1.CCC(=O)CN1CCN(C)CC1.CCC(=O)CN1CCN(C)CC1.CN1CCN(CC(=O)CN)CC1.CN1CCN(CC(=O)CN)CC1. The monoisotopic (exact) mass is 1360 g/mol. The Labute approximate surface area is 583 Å². The number of likely N-dealkylation sites (N-methyl/N-ethyl adjacent to an activating group) is 8. The van der Waals surface area contributed by atoms with Crippen LogP contribution in [0.4, 0.5) is 0 Å². The summed E-state index contributed by atoms with van der Waals surface area (Å²) in [6.07, 6.45) is 4.04. The second-order valence-electron chi connectivity index (χ2n) is 27.5. The Balaban J connectivity index is 0.000000549. The van der Waals surface area contributed by atoms with Gasteiger partial charge in [0.15, 0.2) is 11.6 Å². The third kappa shape index (κ3) is 46.9. The highest BCUT2D eigenvalue weighted by molar-refractivity contribution is 5.83. The van der Waals surface area contributed by atoms with Crippen molar-refractivity contribution in [1.29, 1.82) is 0 Å². The van der Waals surface area contributed by atoms with Crippen LogP contribution in [0, 0.1) is 0 Å². The summed E-state index contributed by atoms with van der Waals surface area (Å²) in [5.74, 6) is 2.44. The van der Waals surface area contributed by atoms with Crippen molar-refractivity contribution >= 4 is 46.3 Å². The van der Waals surface area contributed by atoms with Crippen LogP contribution in [0.25, 0.3) is 0 Å². The molecule has 8 aliphatic rings. The molecule has 0 aromatic heterocycles. The fourth-order valence-corrected chi connectivity index (χ4v) is 10.8. The van der Waals surface area contributed by atoms with Crippen LogP contribution in [-0.4, -0.2) is 456 Å². The summed E-state index contributed by atoms with van der Waals surface area (Å²) in [5.41, 5.74) is 10.5. The molecule has 560 valence electrons. The fourth-order valence-electron chi connectivity index (χ4n) is 10.8. The lowest BCUT2D eigenvalue weighted by Gasteiger charge is -2.31. The van der Waals surface area contributed by atoms with Gasteiger partial charge in [0.1, 0.15) is 34.7 Å². The number of rotatable bonds is 24. The van der Waals surface area contributed by atoms with Crippen LogP contribution in [0.5, 0.6) is 0 Å². The molecule has 0 atom stereocenters. The van der Waals surface area contributed by atoms with Crippen molar-refractivity contribution in [2.24, 2.45) is 11.5 Å². The first-order valence-corrected chi connectivity index (χ1v) is 36.6. The lowest BCUT2D eigenvalue weighted by atomic mass is 10.2. The third-order valence-corrected chi connectivity index (χ3v) is 18.8. The van der Waals surface area contributed by atoms with Crippen molar-refractivity contribution in [3.63, 3.8) is 0 Å². The van der Waals surface area contributed by atoms with Gasteiger partial charge >= 0.3 is 0 Å². The van der Waals surface area contributed by atoms with E-state index in [0.29, 0.717) is 126 Å². The maximum Gasteiger partial charge on any atom is 0.160 e. The average Bonchev–Trinajstić information content (AvgIpc) is 2.96.